The lowest BCUT2D eigenvalue weighted by Crippen LogP contribution is -2.14. The number of nitrogens with zero attached hydrogens (tertiary/aromatic N) is 1. The largest absolute Gasteiger partial charge is 0.388 e. The summed E-state index contributed by atoms with van der Waals surface area (Å²) < 4.78 is 0. The molecule has 0 saturated carbocycles. The second-order valence-corrected chi connectivity index (χ2v) is 5.80. The van der Waals surface area contributed by atoms with Crippen LogP contribution in [0.1, 0.15) is 36.5 Å². The number of anilines is 2. The molecule has 0 radical (unpaired) electrons. The van der Waals surface area contributed by atoms with Gasteiger partial charge in [-0.05, 0) is 40.8 Å². The van der Waals surface area contributed by atoms with Crippen LogP contribution < -0.4 is 10.2 Å². The third-order valence-electron chi connectivity index (χ3n) is 4.18. The van der Waals surface area contributed by atoms with Gasteiger partial charge in [-0.3, -0.25) is 0 Å². The van der Waals surface area contributed by atoms with Crippen LogP contribution in [0.2, 0.25) is 0 Å². The number of benzene rings is 2. The van der Waals surface area contributed by atoms with Gasteiger partial charge in [0.05, 0.1) is 0 Å². The molecule has 104 valence electrons. The average molecular weight is 266 g/mol. The van der Waals surface area contributed by atoms with Crippen LogP contribution in [0.25, 0.3) is 0 Å². The Labute approximate surface area is 121 Å². The predicted molar refractivity (Wildman–Crippen MR) is 86.4 cm³/mol. The molecule has 20 heavy (non-hydrogen) atoms. The molecule has 1 heterocycles. The lowest BCUT2D eigenvalue weighted by atomic mass is 10.0. The van der Waals surface area contributed by atoms with Crippen LogP contribution in [-0.4, -0.2) is 7.05 Å². The molecule has 1 N–H and O–H groups in total. The maximum Gasteiger partial charge on any atom is 0.0457 e. The topological polar surface area (TPSA) is 15.3 Å². The summed E-state index contributed by atoms with van der Waals surface area (Å²) in [6.07, 6.45) is 0. The van der Waals surface area contributed by atoms with Gasteiger partial charge in [-0.15, -0.1) is 0 Å². The van der Waals surface area contributed by atoms with E-state index in [0.29, 0.717) is 5.92 Å². The first kappa shape index (κ1) is 13.0. The molecule has 1 aliphatic heterocycles. The van der Waals surface area contributed by atoms with Crippen LogP contribution in [-0.2, 0) is 13.1 Å². The van der Waals surface area contributed by atoms with Crippen LogP contribution in [0.15, 0.2) is 42.5 Å². The Morgan fingerprint density at radius 3 is 2.40 bits per heavy atom. The molecule has 0 saturated heterocycles. The predicted octanol–water partition coefficient (Wildman–Crippen LogP) is 4.37. The van der Waals surface area contributed by atoms with Gasteiger partial charge in [0.2, 0.25) is 0 Å². The van der Waals surface area contributed by atoms with E-state index in [2.05, 4.69) is 66.5 Å². The van der Waals surface area contributed by atoms with Crippen molar-refractivity contribution in [2.45, 2.75) is 32.9 Å². The monoisotopic (exact) mass is 266 g/mol. The van der Waals surface area contributed by atoms with E-state index in [0.717, 1.165) is 13.1 Å². The number of nitrogens with one attached hydrogen (secondary N) is 1. The summed E-state index contributed by atoms with van der Waals surface area (Å²) >= 11 is 0. The minimum Gasteiger partial charge on any atom is -0.388 e. The summed E-state index contributed by atoms with van der Waals surface area (Å²) in [6, 6.07) is 15.5. The van der Waals surface area contributed by atoms with E-state index < -0.39 is 0 Å². The van der Waals surface area contributed by atoms with Gasteiger partial charge in [-0.2, -0.15) is 0 Å². The van der Waals surface area contributed by atoms with Gasteiger partial charge in [0.25, 0.3) is 0 Å². The van der Waals surface area contributed by atoms with Gasteiger partial charge >= 0.3 is 0 Å². The molecule has 0 bridgehead atoms. The van der Waals surface area contributed by atoms with E-state index in [-0.39, 0.29) is 0 Å². The molecule has 0 spiro atoms. The standard InChI is InChI=1S/C18H22N2/c1-13(2)14-7-9-16(10-8-14)20-11-15-5-4-6-18(19-3)17(15)12-20/h4-10,13,19H,11-12H2,1-3H3. The number of rotatable bonds is 3. The molecule has 0 aromatic heterocycles. The summed E-state index contributed by atoms with van der Waals surface area (Å²) in [5.74, 6) is 0.593. The zero-order valence-electron chi connectivity index (χ0n) is 12.5. The molecule has 2 heteroatoms. The van der Waals surface area contributed by atoms with Gasteiger partial charge < -0.3 is 10.2 Å². The normalized spacial score (nSPS) is 13.7. The average Bonchev–Trinajstić information content (AvgIpc) is 2.91. The molecule has 2 aromatic rings. The molecule has 0 aliphatic carbocycles. The van der Waals surface area contributed by atoms with Crippen molar-refractivity contribution in [3.63, 3.8) is 0 Å². The van der Waals surface area contributed by atoms with E-state index in [1.54, 1.807) is 0 Å². The quantitative estimate of drug-likeness (QED) is 0.887. The molecule has 3 rings (SSSR count). The van der Waals surface area contributed by atoms with Crippen molar-refractivity contribution in [2.75, 3.05) is 17.3 Å². The van der Waals surface area contributed by atoms with Crippen molar-refractivity contribution in [3.05, 3.63) is 59.2 Å². The van der Waals surface area contributed by atoms with Crippen molar-refractivity contribution in [2.24, 2.45) is 0 Å². The highest BCUT2D eigenvalue weighted by Crippen LogP contribution is 2.33. The first-order valence-corrected chi connectivity index (χ1v) is 7.32. The molecule has 0 fully saturated rings. The third-order valence-corrected chi connectivity index (χ3v) is 4.18. The Morgan fingerprint density at radius 2 is 1.75 bits per heavy atom. The number of hydrogen-bond donors (Lipinski definition) is 1. The lowest BCUT2D eigenvalue weighted by molar-refractivity contribution is 0.857. The maximum atomic E-state index is 3.30. The van der Waals surface area contributed by atoms with Gasteiger partial charge in [0.15, 0.2) is 0 Å². The first-order chi connectivity index (χ1) is 9.69. The Bertz CT molecular complexity index is 599. The SMILES string of the molecule is CNc1cccc2c1CN(c1ccc(C(C)C)cc1)C2. The molecule has 2 nitrogen and oxygen atoms in total. The zero-order valence-corrected chi connectivity index (χ0v) is 12.5. The minimum absolute atomic E-state index is 0.593. The van der Waals surface area contributed by atoms with Gasteiger partial charge in [-0.25, -0.2) is 0 Å². The van der Waals surface area contributed by atoms with Crippen LogP contribution in [0.5, 0.6) is 0 Å². The van der Waals surface area contributed by atoms with Crippen molar-refractivity contribution >= 4 is 11.4 Å². The summed E-state index contributed by atoms with van der Waals surface area (Å²) in [6.45, 7) is 6.47. The first-order valence-electron chi connectivity index (χ1n) is 7.32. The molecule has 2 aromatic carbocycles. The Hall–Kier alpha value is -1.96. The van der Waals surface area contributed by atoms with E-state index in [1.807, 2.05) is 7.05 Å². The Kier molecular flexibility index (Phi) is 3.39. The Morgan fingerprint density at radius 1 is 1.00 bits per heavy atom. The molecule has 1 aliphatic rings. The molecule has 0 atom stereocenters. The maximum absolute atomic E-state index is 3.30. The van der Waals surface area contributed by atoms with E-state index >= 15 is 0 Å². The van der Waals surface area contributed by atoms with E-state index in [9.17, 15) is 0 Å². The van der Waals surface area contributed by atoms with Gasteiger partial charge in [-0.1, -0.05) is 38.1 Å². The molecular formula is C18H22N2. The summed E-state index contributed by atoms with van der Waals surface area (Å²) in [5.41, 5.74) is 6.84. The van der Waals surface area contributed by atoms with Crippen molar-refractivity contribution in [1.82, 2.24) is 0 Å². The smallest absolute Gasteiger partial charge is 0.0457 e. The van der Waals surface area contributed by atoms with Crippen LogP contribution >= 0.6 is 0 Å². The fourth-order valence-electron chi connectivity index (χ4n) is 2.91. The zero-order chi connectivity index (χ0) is 14.1. The van der Waals surface area contributed by atoms with Crippen molar-refractivity contribution in [1.29, 1.82) is 0 Å². The second-order valence-electron chi connectivity index (χ2n) is 5.80. The summed E-state index contributed by atoms with van der Waals surface area (Å²) in [4.78, 5) is 2.44. The highest BCUT2D eigenvalue weighted by Gasteiger charge is 2.21. The fourth-order valence-corrected chi connectivity index (χ4v) is 2.91. The Balaban J connectivity index is 1.84. The lowest BCUT2D eigenvalue weighted by Gasteiger charge is -2.18. The number of hydrogen-bond acceptors (Lipinski definition) is 2. The third kappa shape index (κ3) is 2.26. The molecular weight excluding hydrogens is 244 g/mol. The summed E-state index contributed by atoms with van der Waals surface area (Å²) in [5, 5.41) is 3.30. The molecule has 0 amide bonds. The fraction of sp³-hybridized carbons (Fsp3) is 0.333. The minimum atomic E-state index is 0.593. The highest BCUT2D eigenvalue weighted by molar-refractivity contribution is 5.61. The van der Waals surface area contributed by atoms with Crippen molar-refractivity contribution < 1.29 is 0 Å². The van der Waals surface area contributed by atoms with Gasteiger partial charge in [0, 0.05) is 31.5 Å². The van der Waals surface area contributed by atoms with E-state index in [4.69, 9.17) is 0 Å². The van der Waals surface area contributed by atoms with E-state index in [1.165, 1.54) is 28.1 Å². The van der Waals surface area contributed by atoms with Crippen LogP contribution in [0.3, 0.4) is 0 Å². The van der Waals surface area contributed by atoms with Gasteiger partial charge in [0.1, 0.15) is 0 Å². The molecule has 0 unspecified atom stereocenters. The van der Waals surface area contributed by atoms with Crippen LogP contribution in [0, 0.1) is 0 Å². The summed E-state index contributed by atoms with van der Waals surface area (Å²) in [7, 11) is 2.00. The van der Waals surface area contributed by atoms with Crippen molar-refractivity contribution in [3.8, 4) is 0 Å². The van der Waals surface area contributed by atoms with Crippen LogP contribution in [0.4, 0.5) is 11.4 Å². The highest BCUT2D eigenvalue weighted by atomic mass is 15.1. The second kappa shape index (κ2) is 5.20. The number of fused-ring (bicyclic) bond motifs is 1.